The van der Waals surface area contributed by atoms with E-state index in [1.807, 2.05) is 20.8 Å². The van der Waals surface area contributed by atoms with E-state index in [0.717, 1.165) is 24.6 Å². The van der Waals surface area contributed by atoms with Crippen LogP contribution in [0.4, 0.5) is 0 Å². The quantitative estimate of drug-likeness (QED) is 0.350. The van der Waals surface area contributed by atoms with Crippen molar-refractivity contribution in [1.29, 1.82) is 0 Å². The highest BCUT2D eigenvalue weighted by Gasteiger charge is 2.31. The fraction of sp³-hybridized carbons (Fsp3) is 1.00. The van der Waals surface area contributed by atoms with Gasteiger partial charge < -0.3 is 14.2 Å². The van der Waals surface area contributed by atoms with Gasteiger partial charge in [0.2, 0.25) is 0 Å². The van der Waals surface area contributed by atoms with Crippen LogP contribution in [-0.4, -0.2) is 31.1 Å². The average Bonchev–Trinajstić information content (AvgIpc) is 2.19. The summed E-state index contributed by atoms with van der Waals surface area (Å²) in [4.78, 5) is 0. The fourth-order valence-electron chi connectivity index (χ4n) is 1.44. The van der Waals surface area contributed by atoms with Gasteiger partial charge in [-0.3, -0.25) is 0 Å². The van der Waals surface area contributed by atoms with Crippen molar-refractivity contribution in [2.75, 3.05) is 25.2 Å². The maximum Gasteiger partial charge on any atom is 0.282 e. The zero-order valence-electron chi connectivity index (χ0n) is 10.1. The Kier molecular flexibility index (Phi) is 9.81. The molecule has 0 bridgehead atoms. The minimum absolute atomic E-state index is 0.605. The van der Waals surface area contributed by atoms with Crippen LogP contribution < -0.4 is 0 Å². The molecule has 0 heterocycles. The predicted molar refractivity (Wildman–Crippen MR) is 65.3 cm³/mol. The third-order valence-electron chi connectivity index (χ3n) is 1.96. The van der Waals surface area contributed by atoms with Crippen molar-refractivity contribution in [3.63, 3.8) is 0 Å². The molecule has 0 aliphatic rings. The van der Waals surface area contributed by atoms with E-state index < -0.39 is 5.97 Å². The summed E-state index contributed by atoms with van der Waals surface area (Å²) in [5.41, 5.74) is 0. The zero-order valence-corrected chi connectivity index (χ0v) is 11.6. The van der Waals surface area contributed by atoms with Crippen molar-refractivity contribution in [2.45, 2.75) is 46.0 Å². The van der Waals surface area contributed by atoms with E-state index in [9.17, 15) is 0 Å². The maximum absolute atomic E-state index is 5.60. The second-order valence-corrected chi connectivity index (χ2v) is 3.92. The molecule has 0 radical (unpaired) electrons. The van der Waals surface area contributed by atoms with Crippen LogP contribution in [0.2, 0.25) is 0 Å². The summed E-state index contributed by atoms with van der Waals surface area (Å²) < 4.78 is 16.8. The average molecular weight is 283 g/mol. The molecule has 0 aliphatic carbocycles. The van der Waals surface area contributed by atoms with Crippen LogP contribution in [-0.2, 0) is 14.2 Å². The third-order valence-corrected chi connectivity index (χ3v) is 2.52. The lowest BCUT2D eigenvalue weighted by Crippen LogP contribution is -2.39. The molecule has 0 amide bonds. The Hall–Kier alpha value is 0.360. The van der Waals surface area contributed by atoms with E-state index >= 15 is 0 Å². The van der Waals surface area contributed by atoms with Gasteiger partial charge in [0.1, 0.15) is 0 Å². The maximum atomic E-state index is 5.60. The highest BCUT2D eigenvalue weighted by atomic mass is 79.9. The lowest BCUT2D eigenvalue weighted by atomic mass is 10.2. The molecule has 0 rings (SSSR count). The minimum Gasteiger partial charge on any atom is -0.328 e. The second-order valence-electron chi connectivity index (χ2n) is 3.13. The van der Waals surface area contributed by atoms with Crippen LogP contribution in [0.1, 0.15) is 40.0 Å². The summed E-state index contributed by atoms with van der Waals surface area (Å²) in [6, 6.07) is 0. The van der Waals surface area contributed by atoms with Gasteiger partial charge in [-0.05, 0) is 33.6 Å². The van der Waals surface area contributed by atoms with Crippen LogP contribution in [0.3, 0.4) is 0 Å². The molecule has 0 aliphatic heterocycles. The van der Waals surface area contributed by atoms with Crippen molar-refractivity contribution in [2.24, 2.45) is 0 Å². The first-order valence-electron chi connectivity index (χ1n) is 5.72. The van der Waals surface area contributed by atoms with Gasteiger partial charge in [0.15, 0.2) is 0 Å². The van der Waals surface area contributed by atoms with Crippen molar-refractivity contribution < 1.29 is 14.2 Å². The van der Waals surface area contributed by atoms with Gasteiger partial charge in [-0.15, -0.1) is 0 Å². The van der Waals surface area contributed by atoms with Gasteiger partial charge in [-0.2, -0.15) is 0 Å². The lowest BCUT2D eigenvalue weighted by Gasteiger charge is -2.32. The van der Waals surface area contributed by atoms with Gasteiger partial charge in [0.25, 0.3) is 5.97 Å². The Balaban J connectivity index is 4.18. The molecule has 0 N–H and O–H groups in total. The SMILES string of the molecule is CCOC(CCCCBr)(OCC)OCC. The molecule has 0 unspecified atom stereocenters. The number of unbranched alkanes of at least 4 members (excludes halogenated alkanes) is 1. The molecule has 15 heavy (non-hydrogen) atoms. The molecular formula is C11H23BrO3. The van der Waals surface area contributed by atoms with Crippen molar-refractivity contribution in [1.82, 2.24) is 0 Å². The van der Waals surface area contributed by atoms with Crippen molar-refractivity contribution in [3.05, 3.63) is 0 Å². The van der Waals surface area contributed by atoms with Crippen LogP contribution in [0.5, 0.6) is 0 Å². The molecule has 0 aromatic rings. The van der Waals surface area contributed by atoms with E-state index in [0.29, 0.717) is 19.8 Å². The first-order chi connectivity index (χ1) is 7.24. The van der Waals surface area contributed by atoms with E-state index in [1.54, 1.807) is 0 Å². The molecular weight excluding hydrogens is 260 g/mol. The summed E-state index contributed by atoms with van der Waals surface area (Å²) in [7, 11) is 0. The van der Waals surface area contributed by atoms with E-state index in [1.165, 1.54) is 0 Å². The molecule has 0 saturated heterocycles. The van der Waals surface area contributed by atoms with Gasteiger partial charge in [-0.1, -0.05) is 15.9 Å². The van der Waals surface area contributed by atoms with E-state index in [4.69, 9.17) is 14.2 Å². The number of halogens is 1. The van der Waals surface area contributed by atoms with Crippen molar-refractivity contribution in [3.8, 4) is 0 Å². The Morgan fingerprint density at radius 2 is 1.33 bits per heavy atom. The zero-order chi connectivity index (χ0) is 11.6. The minimum atomic E-state index is -0.819. The van der Waals surface area contributed by atoms with Crippen LogP contribution in [0.25, 0.3) is 0 Å². The number of ether oxygens (including phenoxy) is 3. The Morgan fingerprint density at radius 3 is 1.67 bits per heavy atom. The first-order valence-corrected chi connectivity index (χ1v) is 6.84. The second kappa shape index (κ2) is 9.58. The summed E-state index contributed by atoms with van der Waals surface area (Å²) in [5, 5.41) is 1.01. The smallest absolute Gasteiger partial charge is 0.282 e. The molecule has 0 saturated carbocycles. The molecule has 0 spiro atoms. The van der Waals surface area contributed by atoms with E-state index in [-0.39, 0.29) is 0 Å². The monoisotopic (exact) mass is 282 g/mol. The lowest BCUT2D eigenvalue weighted by molar-refractivity contribution is -0.380. The van der Waals surface area contributed by atoms with Crippen LogP contribution >= 0.6 is 15.9 Å². The van der Waals surface area contributed by atoms with Crippen LogP contribution in [0.15, 0.2) is 0 Å². The standard InChI is InChI=1S/C11H23BrO3/c1-4-13-11(14-5-2,15-6-3)9-7-8-10-12/h4-10H2,1-3H3. The third kappa shape index (κ3) is 6.51. The predicted octanol–water partition coefficient (Wildman–Crippen LogP) is 3.31. The Labute approximate surface area is 102 Å². The number of hydrogen-bond acceptors (Lipinski definition) is 3. The highest BCUT2D eigenvalue weighted by Crippen LogP contribution is 2.23. The summed E-state index contributed by atoms with van der Waals surface area (Å²) in [5.74, 6) is -0.819. The molecule has 0 fully saturated rings. The van der Waals surface area contributed by atoms with Gasteiger partial charge in [0, 0.05) is 31.6 Å². The van der Waals surface area contributed by atoms with Gasteiger partial charge in [0.05, 0.1) is 0 Å². The molecule has 92 valence electrons. The molecule has 0 aromatic heterocycles. The van der Waals surface area contributed by atoms with Crippen LogP contribution in [0, 0.1) is 0 Å². The largest absolute Gasteiger partial charge is 0.328 e. The highest BCUT2D eigenvalue weighted by molar-refractivity contribution is 9.09. The number of rotatable bonds is 10. The molecule has 4 heteroatoms. The topological polar surface area (TPSA) is 27.7 Å². The molecule has 3 nitrogen and oxygen atoms in total. The van der Waals surface area contributed by atoms with E-state index in [2.05, 4.69) is 15.9 Å². The molecule has 0 atom stereocenters. The number of hydrogen-bond donors (Lipinski definition) is 0. The normalized spacial score (nSPS) is 12.0. The Bertz CT molecular complexity index is 125. The first kappa shape index (κ1) is 15.4. The summed E-state index contributed by atoms with van der Waals surface area (Å²) >= 11 is 3.41. The fourth-order valence-corrected chi connectivity index (χ4v) is 1.83. The Morgan fingerprint density at radius 1 is 0.867 bits per heavy atom. The number of alkyl halides is 1. The summed E-state index contributed by atoms with van der Waals surface area (Å²) in [6.07, 6.45) is 2.92. The molecule has 0 aromatic carbocycles. The van der Waals surface area contributed by atoms with Gasteiger partial charge >= 0.3 is 0 Å². The van der Waals surface area contributed by atoms with Gasteiger partial charge in [-0.25, -0.2) is 0 Å². The summed E-state index contributed by atoms with van der Waals surface area (Å²) in [6.45, 7) is 7.68. The van der Waals surface area contributed by atoms with Crippen molar-refractivity contribution >= 4 is 15.9 Å².